The Balaban J connectivity index is 1.89. The third-order valence-electron chi connectivity index (χ3n) is 4.28. The number of hydrogen-bond donors (Lipinski definition) is 1. The standard InChI is InChI=1S/C22H21NO5S/c1-13-21(29-22(23-13)14-5-8-16(24)9-6-14)17(25)10-7-15-11-19(27-3)20(28-4)12-18(15)26-2/h5-12,24H,1-4H3/b10-7+. The van der Waals surface area contributed by atoms with Gasteiger partial charge in [0.1, 0.15) is 16.5 Å². The molecule has 150 valence electrons. The number of aromatic nitrogens is 1. The quantitative estimate of drug-likeness (QED) is 0.447. The lowest BCUT2D eigenvalue weighted by Gasteiger charge is -2.12. The number of ether oxygens (including phenoxy) is 3. The van der Waals surface area contributed by atoms with E-state index in [1.165, 1.54) is 17.4 Å². The van der Waals surface area contributed by atoms with E-state index in [9.17, 15) is 9.90 Å². The molecule has 29 heavy (non-hydrogen) atoms. The maximum Gasteiger partial charge on any atom is 0.197 e. The highest BCUT2D eigenvalue weighted by Crippen LogP contribution is 2.35. The van der Waals surface area contributed by atoms with Gasteiger partial charge in [-0.05, 0) is 49.4 Å². The molecule has 0 atom stereocenters. The van der Waals surface area contributed by atoms with E-state index in [0.29, 0.717) is 33.4 Å². The zero-order valence-corrected chi connectivity index (χ0v) is 17.4. The van der Waals surface area contributed by atoms with Crippen molar-refractivity contribution in [3.63, 3.8) is 0 Å². The summed E-state index contributed by atoms with van der Waals surface area (Å²) in [5, 5.41) is 10.2. The molecule has 0 aliphatic heterocycles. The van der Waals surface area contributed by atoms with Crippen LogP contribution in [-0.4, -0.2) is 37.2 Å². The number of allylic oxidation sites excluding steroid dienone is 1. The summed E-state index contributed by atoms with van der Waals surface area (Å²) in [7, 11) is 4.65. The van der Waals surface area contributed by atoms with Crippen LogP contribution in [0.4, 0.5) is 0 Å². The van der Waals surface area contributed by atoms with Gasteiger partial charge in [0.05, 0.1) is 31.9 Å². The maximum atomic E-state index is 12.8. The van der Waals surface area contributed by atoms with Crippen molar-refractivity contribution in [1.82, 2.24) is 4.98 Å². The number of aryl methyl sites for hydroxylation is 1. The van der Waals surface area contributed by atoms with Crippen molar-refractivity contribution in [2.45, 2.75) is 6.92 Å². The SMILES string of the molecule is COc1cc(OC)c(OC)cc1/C=C/C(=O)c1sc(-c2ccc(O)cc2)nc1C. The molecule has 6 nitrogen and oxygen atoms in total. The molecule has 0 fully saturated rings. The molecule has 1 heterocycles. The fourth-order valence-corrected chi connectivity index (χ4v) is 3.77. The van der Waals surface area contributed by atoms with E-state index in [0.717, 1.165) is 10.6 Å². The molecule has 0 unspecified atom stereocenters. The second-order valence-electron chi connectivity index (χ2n) is 6.13. The van der Waals surface area contributed by atoms with Crippen molar-refractivity contribution < 1.29 is 24.1 Å². The smallest absolute Gasteiger partial charge is 0.197 e. The molecule has 1 N–H and O–H groups in total. The summed E-state index contributed by atoms with van der Waals surface area (Å²) in [5.41, 5.74) is 2.20. The first-order valence-electron chi connectivity index (χ1n) is 8.76. The van der Waals surface area contributed by atoms with Gasteiger partial charge in [0.15, 0.2) is 17.3 Å². The highest BCUT2D eigenvalue weighted by molar-refractivity contribution is 7.17. The highest BCUT2D eigenvalue weighted by atomic mass is 32.1. The lowest BCUT2D eigenvalue weighted by Crippen LogP contribution is -1.96. The van der Waals surface area contributed by atoms with Gasteiger partial charge in [-0.15, -0.1) is 11.3 Å². The van der Waals surface area contributed by atoms with Crippen LogP contribution in [0.25, 0.3) is 16.6 Å². The fourth-order valence-electron chi connectivity index (χ4n) is 2.78. The lowest BCUT2D eigenvalue weighted by molar-refractivity contribution is 0.105. The zero-order chi connectivity index (χ0) is 21.0. The molecule has 2 aromatic carbocycles. The normalized spacial score (nSPS) is 10.9. The van der Waals surface area contributed by atoms with E-state index in [2.05, 4.69) is 4.98 Å². The van der Waals surface area contributed by atoms with Gasteiger partial charge in [-0.2, -0.15) is 0 Å². The number of phenols is 1. The summed E-state index contributed by atoms with van der Waals surface area (Å²) in [6, 6.07) is 10.2. The second kappa shape index (κ2) is 8.79. The molecule has 0 aliphatic carbocycles. The number of carbonyl (C=O) groups excluding carboxylic acids is 1. The number of ketones is 1. The Morgan fingerprint density at radius 2 is 1.62 bits per heavy atom. The van der Waals surface area contributed by atoms with Crippen LogP contribution in [0, 0.1) is 6.92 Å². The van der Waals surface area contributed by atoms with E-state index < -0.39 is 0 Å². The Morgan fingerprint density at radius 3 is 2.24 bits per heavy atom. The molecule has 3 rings (SSSR count). The average Bonchev–Trinajstić information content (AvgIpc) is 3.13. The van der Waals surface area contributed by atoms with Crippen LogP contribution in [0.1, 0.15) is 20.9 Å². The second-order valence-corrected chi connectivity index (χ2v) is 7.13. The van der Waals surface area contributed by atoms with E-state index >= 15 is 0 Å². The predicted octanol–water partition coefficient (Wildman–Crippen LogP) is 4.75. The number of aromatic hydroxyl groups is 1. The Bertz CT molecular complexity index is 1050. The third kappa shape index (κ3) is 4.41. The fraction of sp³-hybridized carbons (Fsp3) is 0.182. The van der Waals surface area contributed by atoms with Crippen molar-refractivity contribution in [3.05, 3.63) is 58.6 Å². The van der Waals surface area contributed by atoms with Crippen molar-refractivity contribution in [2.24, 2.45) is 0 Å². The molecule has 0 spiro atoms. The first-order valence-corrected chi connectivity index (χ1v) is 9.57. The molecule has 0 aliphatic rings. The summed E-state index contributed by atoms with van der Waals surface area (Å²) < 4.78 is 16.0. The van der Waals surface area contributed by atoms with Crippen LogP contribution in [0.3, 0.4) is 0 Å². The minimum atomic E-state index is -0.151. The largest absolute Gasteiger partial charge is 0.508 e. The summed E-state index contributed by atoms with van der Waals surface area (Å²) in [5.74, 6) is 1.69. The monoisotopic (exact) mass is 411 g/mol. The van der Waals surface area contributed by atoms with E-state index in [1.807, 2.05) is 0 Å². The number of nitrogens with zero attached hydrogens (tertiary/aromatic N) is 1. The van der Waals surface area contributed by atoms with Crippen LogP contribution in [0.15, 0.2) is 42.5 Å². The molecule has 0 amide bonds. The lowest BCUT2D eigenvalue weighted by atomic mass is 10.1. The number of thiazole rings is 1. The third-order valence-corrected chi connectivity index (χ3v) is 5.51. The molecule has 7 heteroatoms. The Labute approximate surface area is 173 Å². The molecule has 1 aromatic heterocycles. The molecule has 3 aromatic rings. The van der Waals surface area contributed by atoms with Crippen molar-refractivity contribution >= 4 is 23.2 Å². The van der Waals surface area contributed by atoms with Crippen molar-refractivity contribution in [2.75, 3.05) is 21.3 Å². The van der Waals surface area contributed by atoms with Crippen LogP contribution in [0.5, 0.6) is 23.0 Å². The summed E-state index contributed by atoms with van der Waals surface area (Å²) in [6.07, 6.45) is 3.17. The van der Waals surface area contributed by atoms with Gasteiger partial charge in [-0.1, -0.05) is 0 Å². The Kier molecular flexibility index (Phi) is 6.19. The number of rotatable bonds is 7. The van der Waals surface area contributed by atoms with Gasteiger partial charge in [-0.3, -0.25) is 4.79 Å². The van der Waals surface area contributed by atoms with Crippen LogP contribution < -0.4 is 14.2 Å². The number of hydrogen-bond acceptors (Lipinski definition) is 7. The van der Waals surface area contributed by atoms with Gasteiger partial charge in [0, 0.05) is 17.2 Å². The van der Waals surface area contributed by atoms with Crippen molar-refractivity contribution in [3.8, 4) is 33.6 Å². The van der Waals surface area contributed by atoms with Gasteiger partial charge in [0.2, 0.25) is 0 Å². The Morgan fingerprint density at radius 1 is 1.00 bits per heavy atom. The number of benzene rings is 2. The molecule has 0 bridgehead atoms. The number of methoxy groups -OCH3 is 3. The summed E-state index contributed by atoms with van der Waals surface area (Å²) in [4.78, 5) is 17.8. The first-order chi connectivity index (χ1) is 14.0. The summed E-state index contributed by atoms with van der Waals surface area (Å²) >= 11 is 1.32. The number of carbonyl (C=O) groups is 1. The average molecular weight is 411 g/mol. The Hall–Kier alpha value is -3.32. The molecular formula is C22H21NO5S. The van der Waals surface area contributed by atoms with Crippen LogP contribution in [0.2, 0.25) is 0 Å². The van der Waals surface area contributed by atoms with Gasteiger partial charge in [-0.25, -0.2) is 4.98 Å². The van der Waals surface area contributed by atoms with Gasteiger partial charge in [0.25, 0.3) is 0 Å². The molecule has 0 saturated carbocycles. The number of phenolic OH excluding ortho intramolecular Hbond substituents is 1. The first kappa shape index (κ1) is 20.4. The minimum Gasteiger partial charge on any atom is -0.508 e. The molecular weight excluding hydrogens is 390 g/mol. The summed E-state index contributed by atoms with van der Waals surface area (Å²) in [6.45, 7) is 1.80. The zero-order valence-electron chi connectivity index (χ0n) is 16.6. The predicted molar refractivity (Wildman–Crippen MR) is 113 cm³/mol. The van der Waals surface area contributed by atoms with Gasteiger partial charge < -0.3 is 19.3 Å². The van der Waals surface area contributed by atoms with E-state index in [1.54, 1.807) is 70.7 Å². The topological polar surface area (TPSA) is 77.9 Å². The van der Waals surface area contributed by atoms with E-state index in [4.69, 9.17) is 14.2 Å². The van der Waals surface area contributed by atoms with Crippen LogP contribution in [-0.2, 0) is 0 Å². The minimum absolute atomic E-state index is 0.151. The van der Waals surface area contributed by atoms with E-state index in [-0.39, 0.29) is 11.5 Å². The molecule has 0 saturated heterocycles. The van der Waals surface area contributed by atoms with Gasteiger partial charge >= 0.3 is 0 Å². The highest BCUT2D eigenvalue weighted by Gasteiger charge is 2.15. The van der Waals surface area contributed by atoms with Crippen molar-refractivity contribution in [1.29, 1.82) is 0 Å². The van der Waals surface area contributed by atoms with Crippen LogP contribution >= 0.6 is 11.3 Å². The maximum absolute atomic E-state index is 12.8. The molecule has 0 radical (unpaired) electrons.